The van der Waals surface area contributed by atoms with Crippen molar-refractivity contribution in [2.75, 3.05) is 39.3 Å². The van der Waals surface area contributed by atoms with E-state index in [0.717, 1.165) is 0 Å². The molecule has 15 heavy (non-hydrogen) atoms. The molecule has 0 saturated heterocycles. The van der Waals surface area contributed by atoms with Crippen LogP contribution < -0.4 is 0 Å². The third-order valence-electron chi connectivity index (χ3n) is 2.92. The molecule has 0 aliphatic heterocycles. The van der Waals surface area contributed by atoms with E-state index in [1.54, 1.807) is 0 Å². The Morgan fingerprint density at radius 2 is 1.07 bits per heavy atom. The van der Waals surface area contributed by atoms with Crippen LogP contribution in [0.4, 0.5) is 0 Å². The van der Waals surface area contributed by atoms with Crippen LogP contribution in [0, 0.1) is 0 Å². The second-order valence-corrected chi connectivity index (χ2v) is 4.22. The highest BCUT2D eigenvalue weighted by Gasteiger charge is 2.03. The van der Waals surface area contributed by atoms with E-state index in [-0.39, 0.29) is 0 Å². The third kappa shape index (κ3) is 7.80. The molecule has 0 fully saturated rings. The molecule has 0 rings (SSSR count). The molecule has 0 amide bonds. The van der Waals surface area contributed by atoms with E-state index in [1.807, 2.05) is 0 Å². The highest BCUT2D eigenvalue weighted by molar-refractivity contribution is 4.59. The van der Waals surface area contributed by atoms with Gasteiger partial charge in [-0.2, -0.15) is 0 Å². The van der Waals surface area contributed by atoms with Gasteiger partial charge in [-0.05, 0) is 58.5 Å². The van der Waals surface area contributed by atoms with Crippen LogP contribution in [-0.2, 0) is 0 Å². The molecular weight excluding hydrogens is 184 g/mol. The first-order valence-electron chi connectivity index (χ1n) is 6.73. The summed E-state index contributed by atoms with van der Waals surface area (Å²) in [6.45, 7) is 16.5. The van der Waals surface area contributed by atoms with Crippen LogP contribution in [0.25, 0.3) is 0 Å². The summed E-state index contributed by atoms with van der Waals surface area (Å²) in [6.07, 6.45) is 3.89. The monoisotopic (exact) mass is 214 g/mol. The van der Waals surface area contributed by atoms with Gasteiger partial charge < -0.3 is 9.80 Å². The highest BCUT2D eigenvalue weighted by atomic mass is 15.1. The Kier molecular flexibility index (Phi) is 10.4. The van der Waals surface area contributed by atoms with Gasteiger partial charge in [0, 0.05) is 0 Å². The minimum absolute atomic E-state index is 1.19. The lowest BCUT2D eigenvalue weighted by atomic mass is 10.3. The van der Waals surface area contributed by atoms with E-state index in [0.29, 0.717) is 0 Å². The normalized spacial score (nSPS) is 11.6. The van der Waals surface area contributed by atoms with Crippen LogP contribution in [0.5, 0.6) is 0 Å². The second kappa shape index (κ2) is 10.4. The molecule has 2 nitrogen and oxygen atoms in total. The molecule has 0 aliphatic rings. The molecule has 92 valence electrons. The van der Waals surface area contributed by atoms with E-state index in [9.17, 15) is 0 Å². The highest BCUT2D eigenvalue weighted by Crippen LogP contribution is 1.98. The Balaban J connectivity index is 3.59. The average molecular weight is 214 g/mol. The van der Waals surface area contributed by atoms with Crippen molar-refractivity contribution in [2.45, 2.75) is 47.0 Å². The minimum atomic E-state index is 1.19. The molecule has 0 atom stereocenters. The van der Waals surface area contributed by atoms with Crippen LogP contribution >= 0.6 is 0 Å². The van der Waals surface area contributed by atoms with Crippen LogP contribution in [0.3, 0.4) is 0 Å². The third-order valence-corrected chi connectivity index (χ3v) is 2.92. The van der Waals surface area contributed by atoms with Gasteiger partial charge >= 0.3 is 0 Å². The Morgan fingerprint density at radius 3 is 1.47 bits per heavy atom. The summed E-state index contributed by atoms with van der Waals surface area (Å²) in [5, 5.41) is 0. The minimum Gasteiger partial charge on any atom is -0.304 e. The molecule has 0 aliphatic carbocycles. The Bertz CT molecular complexity index is 116. The fourth-order valence-electron chi connectivity index (χ4n) is 2.03. The lowest BCUT2D eigenvalue weighted by Gasteiger charge is -2.23. The fourth-order valence-corrected chi connectivity index (χ4v) is 2.03. The predicted molar refractivity (Wildman–Crippen MR) is 69.4 cm³/mol. The molecule has 0 aromatic heterocycles. The molecular formula is C13H30N2. The summed E-state index contributed by atoms with van der Waals surface area (Å²) in [7, 11) is 0. The lowest BCUT2D eigenvalue weighted by molar-refractivity contribution is 0.236. The van der Waals surface area contributed by atoms with Gasteiger partial charge in [0.2, 0.25) is 0 Å². The number of nitrogens with zero attached hydrogens (tertiary/aromatic N) is 2. The van der Waals surface area contributed by atoms with E-state index in [2.05, 4.69) is 37.5 Å². The molecule has 0 heterocycles. The van der Waals surface area contributed by atoms with Gasteiger partial charge in [0.1, 0.15) is 0 Å². The van der Waals surface area contributed by atoms with Crippen LogP contribution in [0.2, 0.25) is 0 Å². The summed E-state index contributed by atoms with van der Waals surface area (Å²) in [5.41, 5.74) is 0. The number of rotatable bonds is 10. The standard InChI is InChI=1S/C13H30N2/c1-5-10-15(11-6-2)13-9-12-14(7-3)8-4/h5-13H2,1-4H3. The van der Waals surface area contributed by atoms with Crippen LogP contribution in [-0.4, -0.2) is 49.1 Å². The van der Waals surface area contributed by atoms with Gasteiger partial charge in [-0.1, -0.05) is 27.7 Å². The molecule has 0 spiro atoms. The first kappa shape index (κ1) is 14.9. The van der Waals surface area contributed by atoms with Crippen LogP contribution in [0.1, 0.15) is 47.0 Å². The van der Waals surface area contributed by atoms with Gasteiger partial charge in [0.15, 0.2) is 0 Å². The van der Waals surface area contributed by atoms with Crippen molar-refractivity contribution >= 4 is 0 Å². The smallest absolute Gasteiger partial charge is 0.000655 e. The summed E-state index contributed by atoms with van der Waals surface area (Å²) >= 11 is 0. The Morgan fingerprint density at radius 1 is 0.600 bits per heavy atom. The maximum Gasteiger partial charge on any atom is -0.000655 e. The molecule has 0 aromatic rings. The van der Waals surface area contributed by atoms with Crippen molar-refractivity contribution in [3.05, 3.63) is 0 Å². The lowest BCUT2D eigenvalue weighted by Crippen LogP contribution is -2.31. The molecule has 2 heteroatoms. The predicted octanol–water partition coefficient (Wildman–Crippen LogP) is 2.84. The molecule has 0 N–H and O–H groups in total. The zero-order valence-corrected chi connectivity index (χ0v) is 11.3. The largest absolute Gasteiger partial charge is 0.304 e. The molecule has 0 aromatic carbocycles. The first-order chi connectivity index (χ1) is 7.28. The van der Waals surface area contributed by atoms with Crippen LogP contribution in [0.15, 0.2) is 0 Å². The Labute approximate surface area is 96.6 Å². The number of hydrogen-bond donors (Lipinski definition) is 0. The van der Waals surface area contributed by atoms with Crippen molar-refractivity contribution in [2.24, 2.45) is 0 Å². The molecule has 0 radical (unpaired) electrons. The number of hydrogen-bond acceptors (Lipinski definition) is 2. The maximum absolute atomic E-state index is 2.60. The average Bonchev–Trinajstić information content (AvgIpc) is 2.25. The maximum atomic E-state index is 2.60. The summed E-state index contributed by atoms with van der Waals surface area (Å²) < 4.78 is 0. The van der Waals surface area contributed by atoms with Crippen molar-refractivity contribution in [1.29, 1.82) is 0 Å². The fraction of sp³-hybridized carbons (Fsp3) is 1.00. The molecule has 0 saturated carbocycles. The van der Waals surface area contributed by atoms with Crippen molar-refractivity contribution in [3.63, 3.8) is 0 Å². The van der Waals surface area contributed by atoms with Gasteiger partial charge in [0.05, 0.1) is 0 Å². The van der Waals surface area contributed by atoms with Gasteiger partial charge in [-0.3, -0.25) is 0 Å². The van der Waals surface area contributed by atoms with Crippen molar-refractivity contribution < 1.29 is 0 Å². The van der Waals surface area contributed by atoms with Gasteiger partial charge in [-0.15, -0.1) is 0 Å². The van der Waals surface area contributed by atoms with E-state index < -0.39 is 0 Å². The summed E-state index contributed by atoms with van der Waals surface area (Å²) in [6, 6.07) is 0. The topological polar surface area (TPSA) is 6.48 Å². The van der Waals surface area contributed by atoms with Crippen molar-refractivity contribution in [3.8, 4) is 0 Å². The zero-order chi connectivity index (χ0) is 11.5. The first-order valence-corrected chi connectivity index (χ1v) is 6.73. The van der Waals surface area contributed by atoms with Crippen molar-refractivity contribution in [1.82, 2.24) is 9.80 Å². The molecule has 0 bridgehead atoms. The van der Waals surface area contributed by atoms with E-state index >= 15 is 0 Å². The summed E-state index contributed by atoms with van der Waals surface area (Å²) in [5.74, 6) is 0. The zero-order valence-electron chi connectivity index (χ0n) is 11.3. The molecule has 0 unspecified atom stereocenters. The van der Waals surface area contributed by atoms with E-state index in [1.165, 1.54) is 58.5 Å². The van der Waals surface area contributed by atoms with Gasteiger partial charge in [0.25, 0.3) is 0 Å². The summed E-state index contributed by atoms with van der Waals surface area (Å²) in [4.78, 5) is 5.11. The van der Waals surface area contributed by atoms with Gasteiger partial charge in [-0.25, -0.2) is 0 Å². The van der Waals surface area contributed by atoms with E-state index in [4.69, 9.17) is 0 Å². The SMILES string of the molecule is CCCN(CCC)CCCN(CC)CC. The quantitative estimate of drug-likeness (QED) is 0.552. The second-order valence-electron chi connectivity index (χ2n) is 4.22. The Hall–Kier alpha value is -0.0800.